The number of esters is 1. The maximum absolute atomic E-state index is 11.5. The number of unbranched alkanes of at least 4 members (excludes halogenated alkanes) is 12. The Bertz CT molecular complexity index is 304. The first-order chi connectivity index (χ1) is 13.2. The molecule has 1 unspecified atom stereocenters. The van der Waals surface area contributed by atoms with Crippen LogP contribution in [0.25, 0.3) is 0 Å². The van der Waals surface area contributed by atoms with E-state index in [4.69, 9.17) is 9.47 Å². The van der Waals surface area contributed by atoms with Gasteiger partial charge in [0.05, 0.1) is 6.61 Å². The van der Waals surface area contributed by atoms with Crippen molar-refractivity contribution in [3.63, 3.8) is 0 Å². The van der Waals surface area contributed by atoms with Crippen LogP contribution in [-0.4, -0.2) is 25.8 Å². The molecule has 1 atom stereocenters. The van der Waals surface area contributed by atoms with Gasteiger partial charge in [-0.2, -0.15) is 0 Å². The van der Waals surface area contributed by atoms with E-state index in [1.807, 2.05) is 6.92 Å². The minimum atomic E-state index is -0.0745. The fourth-order valence-electron chi connectivity index (χ4n) is 3.34. The van der Waals surface area contributed by atoms with Gasteiger partial charge in [-0.1, -0.05) is 104 Å². The van der Waals surface area contributed by atoms with Crippen LogP contribution in [0, 0.1) is 5.92 Å². The Kier molecular flexibility index (Phi) is 21.3. The standard InChI is InChI=1S/C24H48O3/c1-4-23(3)19-17-15-13-11-9-7-6-8-10-12-14-16-18-20-24(25)27-22-21-26-5-2/h23H,4-22H2,1-3H3. The van der Waals surface area contributed by atoms with Gasteiger partial charge in [0.25, 0.3) is 0 Å². The van der Waals surface area contributed by atoms with Crippen LogP contribution < -0.4 is 0 Å². The Hall–Kier alpha value is -0.570. The highest BCUT2D eigenvalue weighted by Crippen LogP contribution is 2.15. The molecule has 0 saturated carbocycles. The van der Waals surface area contributed by atoms with Gasteiger partial charge >= 0.3 is 5.97 Å². The Balaban J connectivity index is 3.11. The molecule has 0 aliphatic rings. The maximum atomic E-state index is 11.5. The smallest absolute Gasteiger partial charge is 0.305 e. The number of carbonyl (C=O) groups is 1. The van der Waals surface area contributed by atoms with E-state index < -0.39 is 0 Å². The summed E-state index contributed by atoms with van der Waals surface area (Å²) >= 11 is 0. The van der Waals surface area contributed by atoms with Crippen molar-refractivity contribution in [3.05, 3.63) is 0 Å². The zero-order valence-corrected chi connectivity index (χ0v) is 18.7. The SMILES string of the molecule is CCOCCOC(=O)CCCCCCCCCCCCCCCC(C)CC. The van der Waals surface area contributed by atoms with E-state index in [9.17, 15) is 4.79 Å². The van der Waals surface area contributed by atoms with Gasteiger partial charge in [0.2, 0.25) is 0 Å². The van der Waals surface area contributed by atoms with Crippen molar-refractivity contribution in [2.75, 3.05) is 19.8 Å². The summed E-state index contributed by atoms with van der Waals surface area (Å²) in [7, 11) is 0. The molecule has 0 N–H and O–H groups in total. The molecule has 0 aromatic rings. The van der Waals surface area contributed by atoms with Crippen LogP contribution in [0.5, 0.6) is 0 Å². The summed E-state index contributed by atoms with van der Waals surface area (Å²) < 4.78 is 10.3. The average Bonchev–Trinajstić information content (AvgIpc) is 2.68. The van der Waals surface area contributed by atoms with E-state index >= 15 is 0 Å². The molecule has 0 aromatic heterocycles. The lowest BCUT2D eigenvalue weighted by atomic mass is 9.99. The molecular formula is C24H48O3. The molecule has 0 saturated heterocycles. The second-order valence-electron chi connectivity index (χ2n) is 8.07. The first kappa shape index (κ1) is 26.4. The van der Waals surface area contributed by atoms with Crippen LogP contribution in [0.4, 0.5) is 0 Å². The Labute approximate surface area is 170 Å². The van der Waals surface area contributed by atoms with Crippen LogP contribution in [0.1, 0.15) is 124 Å². The van der Waals surface area contributed by atoms with Crippen LogP contribution in [0.2, 0.25) is 0 Å². The average molecular weight is 385 g/mol. The molecule has 0 amide bonds. The molecule has 27 heavy (non-hydrogen) atoms. The summed E-state index contributed by atoms with van der Waals surface area (Å²) in [5, 5.41) is 0. The van der Waals surface area contributed by atoms with Crippen molar-refractivity contribution >= 4 is 5.97 Å². The highest BCUT2D eigenvalue weighted by atomic mass is 16.6. The molecular weight excluding hydrogens is 336 g/mol. The van der Waals surface area contributed by atoms with Crippen molar-refractivity contribution in [3.8, 4) is 0 Å². The number of rotatable bonds is 21. The third-order valence-electron chi connectivity index (χ3n) is 5.47. The number of ether oxygens (including phenoxy) is 2. The van der Waals surface area contributed by atoms with Crippen molar-refractivity contribution in [1.29, 1.82) is 0 Å². The van der Waals surface area contributed by atoms with Gasteiger partial charge in [-0.3, -0.25) is 4.79 Å². The predicted molar refractivity (Wildman–Crippen MR) is 116 cm³/mol. The van der Waals surface area contributed by atoms with E-state index in [0.717, 1.165) is 18.8 Å². The lowest BCUT2D eigenvalue weighted by Crippen LogP contribution is -2.10. The molecule has 0 aliphatic heterocycles. The van der Waals surface area contributed by atoms with Crippen LogP contribution in [-0.2, 0) is 14.3 Å². The molecule has 0 heterocycles. The summed E-state index contributed by atoms with van der Waals surface area (Å²) in [6.45, 7) is 8.20. The summed E-state index contributed by atoms with van der Waals surface area (Å²) in [5.74, 6) is 0.846. The van der Waals surface area contributed by atoms with Crippen LogP contribution in [0.15, 0.2) is 0 Å². The topological polar surface area (TPSA) is 35.5 Å². The van der Waals surface area contributed by atoms with Gasteiger partial charge in [-0.25, -0.2) is 0 Å². The lowest BCUT2D eigenvalue weighted by molar-refractivity contribution is -0.145. The summed E-state index contributed by atoms with van der Waals surface area (Å²) in [6.07, 6.45) is 20.7. The van der Waals surface area contributed by atoms with E-state index in [0.29, 0.717) is 26.2 Å². The third kappa shape index (κ3) is 21.6. The molecule has 0 aliphatic carbocycles. The van der Waals surface area contributed by atoms with E-state index in [2.05, 4.69) is 13.8 Å². The molecule has 0 rings (SSSR count). The fraction of sp³-hybridized carbons (Fsp3) is 0.958. The Morgan fingerprint density at radius 1 is 0.704 bits per heavy atom. The maximum Gasteiger partial charge on any atom is 0.305 e. The zero-order valence-electron chi connectivity index (χ0n) is 18.7. The fourth-order valence-corrected chi connectivity index (χ4v) is 3.34. The summed E-state index contributed by atoms with van der Waals surface area (Å²) in [4.78, 5) is 11.5. The quantitative estimate of drug-likeness (QED) is 0.152. The molecule has 3 heteroatoms. The number of hydrogen-bond donors (Lipinski definition) is 0. The van der Waals surface area contributed by atoms with Gasteiger partial charge in [0.15, 0.2) is 0 Å². The monoisotopic (exact) mass is 384 g/mol. The molecule has 162 valence electrons. The minimum Gasteiger partial charge on any atom is -0.463 e. The van der Waals surface area contributed by atoms with E-state index in [1.54, 1.807) is 0 Å². The van der Waals surface area contributed by atoms with Gasteiger partial charge in [0.1, 0.15) is 6.61 Å². The van der Waals surface area contributed by atoms with Crippen molar-refractivity contribution in [1.82, 2.24) is 0 Å². The first-order valence-electron chi connectivity index (χ1n) is 11.9. The minimum absolute atomic E-state index is 0.0745. The second kappa shape index (κ2) is 21.7. The molecule has 3 nitrogen and oxygen atoms in total. The third-order valence-corrected chi connectivity index (χ3v) is 5.47. The molecule has 0 bridgehead atoms. The van der Waals surface area contributed by atoms with Crippen molar-refractivity contribution in [2.24, 2.45) is 5.92 Å². The van der Waals surface area contributed by atoms with Crippen molar-refractivity contribution < 1.29 is 14.3 Å². The number of carbonyl (C=O) groups excluding carboxylic acids is 1. The van der Waals surface area contributed by atoms with E-state index in [-0.39, 0.29) is 5.97 Å². The highest BCUT2D eigenvalue weighted by Gasteiger charge is 2.02. The van der Waals surface area contributed by atoms with Gasteiger partial charge in [0, 0.05) is 13.0 Å². The van der Waals surface area contributed by atoms with Gasteiger partial charge in [-0.15, -0.1) is 0 Å². The normalized spacial score (nSPS) is 12.3. The molecule has 0 fully saturated rings. The van der Waals surface area contributed by atoms with E-state index in [1.165, 1.54) is 83.5 Å². The Morgan fingerprint density at radius 2 is 1.19 bits per heavy atom. The van der Waals surface area contributed by atoms with Crippen LogP contribution in [0.3, 0.4) is 0 Å². The lowest BCUT2D eigenvalue weighted by Gasteiger charge is -2.07. The largest absolute Gasteiger partial charge is 0.463 e. The Morgan fingerprint density at radius 3 is 1.67 bits per heavy atom. The van der Waals surface area contributed by atoms with Crippen LogP contribution >= 0.6 is 0 Å². The first-order valence-corrected chi connectivity index (χ1v) is 11.9. The molecule has 0 spiro atoms. The predicted octanol–water partition coefficient (Wildman–Crippen LogP) is 7.46. The second-order valence-corrected chi connectivity index (χ2v) is 8.07. The number of hydrogen-bond acceptors (Lipinski definition) is 3. The van der Waals surface area contributed by atoms with Crippen molar-refractivity contribution in [2.45, 2.75) is 124 Å². The summed E-state index contributed by atoms with van der Waals surface area (Å²) in [6, 6.07) is 0. The molecule has 0 aromatic carbocycles. The summed E-state index contributed by atoms with van der Waals surface area (Å²) in [5.41, 5.74) is 0. The van der Waals surface area contributed by atoms with Gasteiger partial charge in [-0.05, 0) is 19.3 Å². The molecule has 0 radical (unpaired) electrons. The highest BCUT2D eigenvalue weighted by molar-refractivity contribution is 5.69. The zero-order chi connectivity index (χ0) is 20.0. The van der Waals surface area contributed by atoms with Gasteiger partial charge < -0.3 is 9.47 Å².